The number of carbonyl (C=O) groups excluding carboxylic acids is 1. The molecule has 2 rings (SSSR count). The molecule has 0 aromatic heterocycles. The van der Waals surface area contributed by atoms with Gasteiger partial charge in [0.1, 0.15) is 0 Å². The lowest BCUT2D eigenvalue weighted by Gasteiger charge is -2.25. The number of hydrogen-bond donors (Lipinski definition) is 2. The van der Waals surface area contributed by atoms with Gasteiger partial charge in [0.15, 0.2) is 0 Å². The van der Waals surface area contributed by atoms with E-state index < -0.39 is 5.97 Å². The number of anilines is 1. The van der Waals surface area contributed by atoms with Gasteiger partial charge >= 0.3 is 5.97 Å². The fourth-order valence-corrected chi connectivity index (χ4v) is 3.21. The molecule has 1 saturated heterocycles. The maximum Gasteiger partial charge on any atom is 0.317 e. The minimum atomic E-state index is -0.795. The minimum absolute atomic E-state index is 0.00191. The molecule has 1 aromatic carbocycles. The number of rotatable bonds is 6. The van der Waals surface area contributed by atoms with Crippen LogP contribution < -0.4 is 5.32 Å². The Morgan fingerprint density at radius 2 is 2.12 bits per heavy atom. The monoisotopic (exact) mass is 333 g/mol. The van der Waals surface area contributed by atoms with E-state index >= 15 is 0 Å². The average molecular weight is 333 g/mol. The summed E-state index contributed by atoms with van der Waals surface area (Å²) in [6.07, 6.45) is 2.84. The van der Waals surface area contributed by atoms with Gasteiger partial charge in [-0.15, -0.1) is 0 Å². The zero-order chi connectivity index (χ0) is 17.5. The lowest BCUT2D eigenvalue weighted by molar-refractivity contribution is -0.138. The van der Waals surface area contributed by atoms with Crippen molar-refractivity contribution in [1.29, 1.82) is 0 Å². The van der Waals surface area contributed by atoms with E-state index in [1.54, 1.807) is 0 Å². The Morgan fingerprint density at radius 3 is 2.83 bits per heavy atom. The van der Waals surface area contributed by atoms with Gasteiger partial charge in [0.05, 0.1) is 13.1 Å². The molecule has 1 atom stereocenters. The zero-order valence-corrected chi connectivity index (χ0v) is 14.5. The minimum Gasteiger partial charge on any atom is -0.480 e. The van der Waals surface area contributed by atoms with E-state index in [1.165, 1.54) is 0 Å². The third-order valence-corrected chi connectivity index (χ3v) is 4.47. The highest BCUT2D eigenvalue weighted by Crippen LogP contribution is 2.16. The molecule has 0 bridgehead atoms. The fraction of sp³-hybridized carbons (Fsp3) is 0.556. The van der Waals surface area contributed by atoms with Crippen LogP contribution in [0, 0.1) is 6.92 Å². The van der Waals surface area contributed by atoms with Gasteiger partial charge < -0.3 is 10.4 Å². The molecule has 1 aliphatic rings. The molecule has 1 aromatic rings. The summed E-state index contributed by atoms with van der Waals surface area (Å²) < 4.78 is 0. The van der Waals surface area contributed by atoms with Crippen LogP contribution in [0.25, 0.3) is 0 Å². The van der Waals surface area contributed by atoms with Crippen LogP contribution in [0.1, 0.15) is 24.8 Å². The van der Waals surface area contributed by atoms with Gasteiger partial charge in [-0.3, -0.25) is 19.4 Å². The lowest BCUT2D eigenvalue weighted by atomic mass is 10.1. The summed E-state index contributed by atoms with van der Waals surface area (Å²) in [4.78, 5) is 27.1. The first-order chi connectivity index (χ1) is 11.4. The quantitative estimate of drug-likeness (QED) is 0.830. The second kappa shape index (κ2) is 8.80. The maximum absolute atomic E-state index is 12.2. The van der Waals surface area contributed by atoms with E-state index in [0.29, 0.717) is 6.54 Å². The van der Waals surface area contributed by atoms with Crippen LogP contribution in [0.3, 0.4) is 0 Å². The van der Waals surface area contributed by atoms with E-state index in [-0.39, 0.29) is 18.5 Å². The van der Waals surface area contributed by atoms with Crippen molar-refractivity contribution in [3.05, 3.63) is 29.8 Å². The molecule has 1 amide bonds. The van der Waals surface area contributed by atoms with Gasteiger partial charge in [-0.05, 0) is 57.5 Å². The first kappa shape index (κ1) is 18.4. The van der Waals surface area contributed by atoms with Gasteiger partial charge in [0.25, 0.3) is 0 Å². The second-order valence-electron chi connectivity index (χ2n) is 6.59. The first-order valence-corrected chi connectivity index (χ1v) is 8.45. The van der Waals surface area contributed by atoms with Crippen molar-refractivity contribution in [2.75, 3.05) is 38.5 Å². The number of amides is 1. The van der Waals surface area contributed by atoms with Crippen molar-refractivity contribution in [3.8, 4) is 0 Å². The van der Waals surface area contributed by atoms with Crippen LogP contribution in [-0.4, -0.2) is 66.1 Å². The third-order valence-electron chi connectivity index (χ3n) is 4.47. The Labute approximate surface area is 143 Å². The van der Waals surface area contributed by atoms with Crippen molar-refractivity contribution in [1.82, 2.24) is 9.80 Å². The van der Waals surface area contributed by atoms with Crippen LogP contribution in [0.5, 0.6) is 0 Å². The summed E-state index contributed by atoms with van der Waals surface area (Å²) in [5.41, 5.74) is 1.95. The molecule has 6 nitrogen and oxygen atoms in total. The number of aliphatic carboxylic acids is 1. The maximum atomic E-state index is 12.2. The molecule has 24 heavy (non-hydrogen) atoms. The summed E-state index contributed by atoms with van der Waals surface area (Å²) in [5.74, 6) is -0.797. The average Bonchev–Trinajstić information content (AvgIpc) is 2.72. The molecule has 0 saturated carbocycles. The SMILES string of the molecule is Cc1cccc(NC(=O)CN2CCCC(N(C)CC(=O)O)CC2)c1. The molecule has 0 spiro atoms. The highest BCUT2D eigenvalue weighted by Gasteiger charge is 2.22. The molecule has 0 aliphatic carbocycles. The Balaban J connectivity index is 1.81. The van der Waals surface area contributed by atoms with Crippen molar-refractivity contribution in [2.45, 2.75) is 32.2 Å². The number of likely N-dealkylation sites (N-methyl/N-ethyl adjacent to an activating group) is 1. The highest BCUT2D eigenvalue weighted by molar-refractivity contribution is 5.92. The molecular weight excluding hydrogens is 306 g/mol. The molecule has 1 unspecified atom stereocenters. The number of carboxylic acid groups (broad SMARTS) is 1. The van der Waals surface area contributed by atoms with Gasteiger partial charge in [-0.25, -0.2) is 0 Å². The number of carbonyl (C=O) groups is 2. The van der Waals surface area contributed by atoms with Crippen LogP contribution in [-0.2, 0) is 9.59 Å². The molecule has 2 N–H and O–H groups in total. The summed E-state index contributed by atoms with van der Waals surface area (Å²) >= 11 is 0. The second-order valence-corrected chi connectivity index (χ2v) is 6.59. The van der Waals surface area contributed by atoms with Crippen molar-refractivity contribution >= 4 is 17.6 Å². The summed E-state index contributed by atoms with van der Waals surface area (Å²) in [7, 11) is 1.86. The highest BCUT2D eigenvalue weighted by atomic mass is 16.4. The number of likely N-dealkylation sites (tertiary alicyclic amines) is 1. The molecule has 6 heteroatoms. The largest absolute Gasteiger partial charge is 0.480 e. The number of nitrogens with zero attached hydrogens (tertiary/aromatic N) is 2. The summed E-state index contributed by atoms with van der Waals surface area (Å²) in [6, 6.07) is 8.05. The first-order valence-electron chi connectivity index (χ1n) is 8.45. The number of nitrogens with one attached hydrogen (secondary N) is 1. The zero-order valence-electron chi connectivity index (χ0n) is 14.5. The van der Waals surface area contributed by atoms with Crippen LogP contribution in [0.15, 0.2) is 24.3 Å². The Hall–Kier alpha value is -1.92. The summed E-state index contributed by atoms with van der Waals surface area (Å²) in [6.45, 7) is 4.13. The van der Waals surface area contributed by atoms with E-state index in [2.05, 4.69) is 10.2 Å². The van der Waals surface area contributed by atoms with E-state index in [1.807, 2.05) is 43.1 Å². The molecular formula is C18H27N3O3. The number of aryl methyl sites for hydroxylation is 1. The van der Waals surface area contributed by atoms with Crippen molar-refractivity contribution < 1.29 is 14.7 Å². The number of hydrogen-bond acceptors (Lipinski definition) is 4. The van der Waals surface area contributed by atoms with Gasteiger partial charge in [-0.2, -0.15) is 0 Å². The Bertz CT molecular complexity index is 576. The third kappa shape index (κ3) is 5.94. The standard InChI is InChI=1S/C18H27N3O3/c1-14-5-3-6-15(11-14)19-17(22)12-21-9-4-7-16(8-10-21)20(2)13-18(23)24/h3,5-6,11,16H,4,7-10,12-13H2,1-2H3,(H,19,22)(H,23,24). The molecule has 0 radical (unpaired) electrons. The topological polar surface area (TPSA) is 72.9 Å². The van der Waals surface area contributed by atoms with Crippen LogP contribution in [0.4, 0.5) is 5.69 Å². The summed E-state index contributed by atoms with van der Waals surface area (Å²) in [5, 5.41) is 11.9. The normalized spacial score (nSPS) is 19.0. The molecule has 1 fully saturated rings. The predicted molar refractivity (Wildman–Crippen MR) is 94.2 cm³/mol. The van der Waals surface area contributed by atoms with E-state index in [0.717, 1.165) is 43.6 Å². The van der Waals surface area contributed by atoms with Gasteiger partial charge in [0, 0.05) is 18.3 Å². The fourth-order valence-electron chi connectivity index (χ4n) is 3.21. The van der Waals surface area contributed by atoms with Gasteiger partial charge in [0.2, 0.25) is 5.91 Å². The number of benzene rings is 1. The Morgan fingerprint density at radius 1 is 1.33 bits per heavy atom. The van der Waals surface area contributed by atoms with Crippen LogP contribution in [0.2, 0.25) is 0 Å². The lowest BCUT2D eigenvalue weighted by Crippen LogP contribution is -2.37. The number of carboxylic acids is 1. The van der Waals surface area contributed by atoms with Crippen molar-refractivity contribution in [2.24, 2.45) is 0 Å². The molecule has 132 valence electrons. The van der Waals surface area contributed by atoms with Gasteiger partial charge in [-0.1, -0.05) is 12.1 Å². The van der Waals surface area contributed by atoms with E-state index in [4.69, 9.17) is 5.11 Å². The molecule has 1 aliphatic heterocycles. The van der Waals surface area contributed by atoms with Crippen LogP contribution >= 0.6 is 0 Å². The smallest absolute Gasteiger partial charge is 0.317 e. The Kier molecular flexibility index (Phi) is 6.75. The molecule has 1 heterocycles. The predicted octanol–water partition coefficient (Wildman–Crippen LogP) is 1.80. The van der Waals surface area contributed by atoms with Crippen molar-refractivity contribution in [3.63, 3.8) is 0 Å². The van der Waals surface area contributed by atoms with E-state index in [9.17, 15) is 9.59 Å².